The topological polar surface area (TPSA) is 75.6 Å². The van der Waals surface area contributed by atoms with Gasteiger partial charge in [-0.05, 0) is 24.3 Å². The molecule has 2 amide bonds. The lowest BCUT2D eigenvalue weighted by atomic mass is 10.1. The lowest BCUT2D eigenvalue weighted by Gasteiger charge is -2.21. The zero-order chi connectivity index (χ0) is 18.8. The minimum atomic E-state index is -0.313. The first kappa shape index (κ1) is 17.9. The standard InChI is InChI=1S/C19H19BrN4O3/c20-14-3-1-4-15(10-14)24-11-13(9-18(24)25)19(26)23-8-6-16(12-23)27-17-5-2-7-21-22-17/h1-5,7,10,13,16H,6,8-9,11-12H2. The fourth-order valence-electron chi connectivity index (χ4n) is 3.57. The Kier molecular flexibility index (Phi) is 5.07. The summed E-state index contributed by atoms with van der Waals surface area (Å²) in [7, 11) is 0. The number of halogens is 1. The predicted molar refractivity (Wildman–Crippen MR) is 102 cm³/mol. The van der Waals surface area contributed by atoms with Crippen molar-refractivity contribution in [2.24, 2.45) is 5.92 Å². The summed E-state index contributed by atoms with van der Waals surface area (Å²) < 4.78 is 6.70. The third-order valence-corrected chi connectivity index (χ3v) is 5.38. The van der Waals surface area contributed by atoms with E-state index in [9.17, 15) is 9.59 Å². The number of nitrogens with zero attached hydrogens (tertiary/aromatic N) is 4. The van der Waals surface area contributed by atoms with Gasteiger partial charge in [-0.15, -0.1) is 5.10 Å². The Morgan fingerprint density at radius 1 is 1.22 bits per heavy atom. The molecule has 140 valence electrons. The van der Waals surface area contributed by atoms with E-state index in [1.807, 2.05) is 24.3 Å². The van der Waals surface area contributed by atoms with E-state index in [0.717, 1.165) is 16.6 Å². The number of likely N-dealkylation sites (tertiary alicyclic amines) is 1. The molecule has 2 fully saturated rings. The van der Waals surface area contributed by atoms with E-state index < -0.39 is 0 Å². The molecule has 8 heteroatoms. The monoisotopic (exact) mass is 430 g/mol. The van der Waals surface area contributed by atoms with Crippen molar-refractivity contribution in [2.75, 3.05) is 24.5 Å². The average Bonchev–Trinajstić information content (AvgIpc) is 3.29. The molecule has 1 aromatic heterocycles. The maximum Gasteiger partial charge on any atom is 0.233 e. The van der Waals surface area contributed by atoms with Crippen molar-refractivity contribution in [1.82, 2.24) is 15.1 Å². The molecule has 0 N–H and O–H groups in total. The molecule has 2 saturated heterocycles. The molecule has 0 bridgehead atoms. The number of anilines is 1. The van der Waals surface area contributed by atoms with Gasteiger partial charge in [0.1, 0.15) is 6.10 Å². The summed E-state index contributed by atoms with van der Waals surface area (Å²) in [6.07, 6.45) is 2.49. The molecule has 4 rings (SSSR count). The van der Waals surface area contributed by atoms with Crippen LogP contribution in [0.3, 0.4) is 0 Å². The van der Waals surface area contributed by atoms with Crippen LogP contribution in [0.1, 0.15) is 12.8 Å². The van der Waals surface area contributed by atoms with Gasteiger partial charge in [0.2, 0.25) is 17.7 Å². The van der Waals surface area contributed by atoms with Gasteiger partial charge in [-0.3, -0.25) is 9.59 Å². The van der Waals surface area contributed by atoms with Gasteiger partial charge in [0.15, 0.2) is 0 Å². The molecule has 3 heterocycles. The van der Waals surface area contributed by atoms with Crippen LogP contribution in [0, 0.1) is 5.92 Å². The smallest absolute Gasteiger partial charge is 0.233 e. The second-order valence-electron chi connectivity index (χ2n) is 6.76. The van der Waals surface area contributed by atoms with Crippen LogP contribution in [0.2, 0.25) is 0 Å². The van der Waals surface area contributed by atoms with Gasteiger partial charge in [0.05, 0.1) is 12.5 Å². The lowest BCUT2D eigenvalue weighted by Crippen LogP contribution is -2.37. The molecule has 0 saturated carbocycles. The van der Waals surface area contributed by atoms with Gasteiger partial charge in [0, 0.05) is 48.4 Å². The largest absolute Gasteiger partial charge is 0.471 e. The van der Waals surface area contributed by atoms with Crippen molar-refractivity contribution in [3.05, 3.63) is 47.1 Å². The van der Waals surface area contributed by atoms with Gasteiger partial charge in [-0.1, -0.05) is 22.0 Å². The molecular formula is C19H19BrN4O3. The minimum Gasteiger partial charge on any atom is -0.471 e. The summed E-state index contributed by atoms with van der Waals surface area (Å²) in [5.41, 5.74) is 0.815. The maximum atomic E-state index is 12.9. The molecule has 2 aromatic rings. The number of benzene rings is 1. The van der Waals surface area contributed by atoms with Crippen LogP contribution in [0.25, 0.3) is 0 Å². The number of aromatic nitrogens is 2. The van der Waals surface area contributed by atoms with Crippen molar-refractivity contribution in [3.63, 3.8) is 0 Å². The number of rotatable bonds is 4. The van der Waals surface area contributed by atoms with Crippen molar-refractivity contribution in [2.45, 2.75) is 18.9 Å². The van der Waals surface area contributed by atoms with E-state index in [0.29, 0.717) is 25.5 Å². The highest BCUT2D eigenvalue weighted by Gasteiger charge is 2.39. The molecule has 2 aliphatic heterocycles. The Morgan fingerprint density at radius 2 is 2.11 bits per heavy atom. The highest BCUT2D eigenvalue weighted by atomic mass is 79.9. The van der Waals surface area contributed by atoms with E-state index in [1.165, 1.54) is 0 Å². The number of hydrogen-bond acceptors (Lipinski definition) is 5. The summed E-state index contributed by atoms with van der Waals surface area (Å²) in [6.45, 7) is 1.56. The fourth-order valence-corrected chi connectivity index (χ4v) is 3.96. The molecule has 2 atom stereocenters. The first-order valence-corrected chi connectivity index (χ1v) is 9.68. The van der Waals surface area contributed by atoms with Gasteiger partial charge in [0.25, 0.3) is 0 Å². The number of hydrogen-bond donors (Lipinski definition) is 0. The van der Waals surface area contributed by atoms with E-state index in [2.05, 4.69) is 26.1 Å². The molecule has 0 spiro atoms. The van der Waals surface area contributed by atoms with Crippen LogP contribution in [0.5, 0.6) is 5.88 Å². The lowest BCUT2D eigenvalue weighted by molar-refractivity contribution is -0.135. The molecule has 2 aliphatic rings. The van der Waals surface area contributed by atoms with Crippen LogP contribution in [0.15, 0.2) is 47.1 Å². The van der Waals surface area contributed by atoms with Crippen molar-refractivity contribution >= 4 is 33.4 Å². The number of ether oxygens (including phenoxy) is 1. The third-order valence-electron chi connectivity index (χ3n) is 4.89. The quantitative estimate of drug-likeness (QED) is 0.743. The Morgan fingerprint density at radius 3 is 2.89 bits per heavy atom. The van der Waals surface area contributed by atoms with Gasteiger partial charge < -0.3 is 14.5 Å². The Balaban J connectivity index is 1.37. The van der Waals surface area contributed by atoms with Crippen molar-refractivity contribution < 1.29 is 14.3 Å². The Hall–Kier alpha value is -2.48. The predicted octanol–water partition coefficient (Wildman–Crippen LogP) is 2.27. The second-order valence-corrected chi connectivity index (χ2v) is 7.68. The molecule has 0 aliphatic carbocycles. The molecule has 27 heavy (non-hydrogen) atoms. The summed E-state index contributed by atoms with van der Waals surface area (Å²) in [6, 6.07) is 11.1. The van der Waals surface area contributed by atoms with Crippen LogP contribution < -0.4 is 9.64 Å². The van der Waals surface area contributed by atoms with Crippen LogP contribution in [0.4, 0.5) is 5.69 Å². The first-order valence-electron chi connectivity index (χ1n) is 8.89. The van der Waals surface area contributed by atoms with E-state index in [-0.39, 0.29) is 30.3 Å². The van der Waals surface area contributed by atoms with Crippen LogP contribution >= 0.6 is 15.9 Å². The van der Waals surface area contributed by atoms with Crippen LogP contribution in [-0.4, -0.2) is 52.6 Å². The molecule has 7 nitrogen and oxygen atoms in total. The van der Waals surface area contributed by atoms with Crippen molar-refractivity contribution in [1.29, 1.82) is 0 Å². The van der Waals surface area contributed by atoms with Crippen LogP contribution in [-0.2, 0) is 9.59 Å². The SMILES string of the molecule is O=C(C1CC(=O)N(c2cccc(Br)c2)C1)N1CCC(Oc2cccnn2)C1. The minimum absolute atomic E-state index is 0.0157. The average molecular weight is 431 g/mol. The van der Waals surface area contributed by atoms with E-state index >= 15 is 0 Å². The third kappa shape index (κ3) is 3.95. The van der Waals surface area contributed by atoms with Gasteiger partial charge in [-0.2, -0.15) is 5.10 Å². The summed E-state index contributed by atoms with van der Waals surface area (Å²) in [5.74, 6) is 0.157. The molecular weight excluding hydrogens is 412 g/mol. The number of carbonyl (C=O) groups is 2. The Bertz CT molecular complexity index is 848. The highest BCUT2D eigenvalue weighted by Crippen LogP contribution is 2.29. The van der Waals surface area contributed by atoms with Gasteiger partial charge >= 0.3 is 0 Å². The number of carbonyl (C=O) groups excluding carboxylic acids is 2. The Labute approximate surface area is 165 Å². The van der Waals surface area contributed by atoms with E-state index in [4.69, 9.17) is 4.74 Å². The van der Waals surface area contributed by atoms with Crippen molar-refractivity contribution in [3.8, 4) is 5.88 Å². The summed E-state index contributed by atoms with van der Waals surface area (Å²) in [4.78, 5) is 28.8. The number of amides is 2. The second kappa shape index (κ2) is 7.64. The zero-order valence-electron chi connectivity index (χ0n) is 14.6. The normalized spacial score (nSPS) is 22.3. The zero-order valence-corrected chi connectivity index (χ0v) is 16.2. The highest BCUT2D eigenvalue weighted by molar-refractivity contribution is 9.10. The molecule has 2 unspecified atom stereocenters. The van der Waals surface area contributed by atoms with Gasteiger partial charge in [-0.25, -0.2) is 0 Å². The maximum absolute atomic E-state index is 12.9. The van der Waals surface area contributed by atoms with E-state index in [1.54, 1.807) is 28.1 Å². The summed E-state index contributed by atoms with van der Waals surface area (Å²) in [5, 5.41) is 7.71. The fraction of sp³-hybridized carbons (Fsp3) is 0.368. The first-order chi connectivity index (χ1) is 13.1. The molecule has 1 aromatic carbocycles. The molecule has 0 radical (unpaired) electrons. The summed E-state index contributed by atoms with van der Waals surface area (Å²) >= 11 is 3.42.